The van der Waals surface area contributed by atoms with E-state index in [1.54, 1.807) is 7.11 Å². The Labute approximate surface area is 158 Å². The molecule has 5 rings (SSSR count). The number of para-hydroxylation sites is 1. The van der Waals surface area contributed by atoms with Gasteiger partial charge >= 0.3 is 0 Å². The van der Waals surface area contributed by atoms with Crippen LogP contribution in [0.5, 0.6) is 5.75 Å². The third-order valence-electron chi connectivity index (χ3n) is 5.99. The quantitative estimate of drug-likeness (QED) is 0.769. The second-order valence-corrected chi connectivity index (χ2v) is 7.49. The van der Waals surface area contributed by atoms with Crippen LogP contribution in [0.3, 0.4) is 0 Å². The molecule has 0 aliphatic carbocycles. The molecule has 2 atom stereocenters. The number of imidazole rings is 1. The Kier molecular flexibility index (Phi) is 3.72. The molecule has 2 fully saturated rings. The standard InChI is InChI=1S/C20H24N6O/c1-24-13-7-8-14(24)11-25(10-13)19-9-18(21)23-20-22-16(12-26(19)20)15-5-3-4-6-17(15)27-2/h3-6,9,12-14H,7-8,10-11H2,1-2H3,(H2,21,22,23). The van der Waals surface area contributed by atoms with Gasteiger partial charge < -0.3 is 15.4 Å². The Morgan fingerprint density at radius 1 is 1.11 bits per heavy atom. The van der Waals surface area contributed by atoms with E-state index in [0.29, 0.717) is 23.7 Å². The van der Waals surface area contributed by atoms with Gasteiger partial charge in [0.1, 0.15) is 17.4 Å². The summed E-state index contributed by atoms with van der Waals surface area (Å²) in [5, 5.41) is 0. The maximum Gasteiger partial charge on any atom is 0.237 e. The summed E-state index contributed by atoms with van der Waals surface area (Å²) >= 11 is 0. The van der Waals surface area contributed by atoms with Gasteiger partial charge in [0.05, 0.1) is 12.8 Å². The minimum atomic E-state index is 0.501. The van der Waals surface area contributed by atoms with E-state index in [-0.39, 0.29) is 0 Å². The van der Waals surface area contributed by atoms with Gasteiger partial charge in [-0.1, -0.05) is 12.1 Å². The van der Waals surface area contributed by atoms with Crippen molar-refractivity contribution in [1.29, 1.82) is 0 Å². The average molecular weight is 364 g/mol. The smallest absolute Gasteiger partial charge is 0.237 e. The van der Waals surface area contributed by atoms with Crippen molar-refractivity contribution in [1.82, 2.24) is 19.3 Å². The highest BCUT2D eigenvalue weighted by Gasteiger charge is 2.38. The lowest BCUT2D eigenvalue weighted by Gasteiger charge is -2.40. The minimum Gasteiger partial charge on any atom is -0.496 e. The lowest BCUT2D eigenvalue weighted by atomic mass is 10.1. The van der Waals surface area contributed by atoms with Crippen LogP contribution < -0.4 is 15.4 Å². The first-order valence-corrected chi connectivity index (χ1v) is 9.40. The summed E-state index contributed by atoms with van der Waals surface area (Å²) in [6.45, 7) is 2.02. The fraction of sp³-hybridized carbons (Fsp3) is 0.400. The first-order valence-electron chi connectivity index (χ1n) is 9.40. The molecule has 2 bridgehead atoms. The molecule has 0 spiro atoms. The van der Waals surface area contributed by atoms with E-state index in [4.69, 9.17) is 15.5 Å². The number of nitrogens with two attached hydrogens (primary N) is 1. The van der Waals surface area contributed by atoms with E-state index in [9.17, 15) is 0 Å². The molecule has 0 radical (unpaired) electrons. The number of nitrogens with zero attached hydrogens (tertiary/aromatic N) is 5. The number of nitrogen functional groups attached to an aromatic ring is 1. The normalized spacial score (nSPS) is 22.5. The summed E-state index contributed by atoms with van der Waals surface area (Å²) in [4.78, 5) is 14.1. The molecular weight excluding hydrogens is 340 g/mol. The molecule has 2 aliphatic heterocycles. The topological polar surface area (TPSA) is 71.9 Å². The second-order valence-electron chi connectivity index (χ2n) is 7.49. The van der Waals surface area contributed by atoms with Crippen molar-refractivity contribution in [2.45, 2.75) is 24.9 Å². The van der Waals surface area contributed by atoms with Crippen LogP contribution in [0, 0.1) is 0 Å². The van der Waals surface area contributed by atoms with Crippen LogP contribution in [0.25, 0.3) is 17.0 Å². The van der Waals surface area contributed by atoms with Gasteiger partial charge in [-0.15, -0.1) is 0 Å². The van der Waals surface area contributed by atoms with Crippen LogP contribution in [0.15, 0.2) is 36.5 Å². The molecule has 1 aromatic carbocycles. The van der Waals surface area contributed by atoms with Crippen LogP contribution in [-0.2, 0) is 0 Å². The molecule has 2 aliphatic rings. The number of fused-ring (bicyclic) bond motifs is 3. The number of methoxy groups -OCH3 is 1. The highest BCUT2D eigenvalue weighted by atomic mass is 16.5. The van der Waals surface area contributed by atoms with Crippen molar-refractivity contribution in [3.05, 3.63) is 36.5 Å². The third-order valence-corrected chi connectivity index (χ3v) is 5.99. The first kappa shape index (κ1) is 16.4. The van der Waals surface area contributed by atoms with Crippen LogP contribution in [-0.4, -0.2) is 58.6 Å². The molecule has 2 saturated heterocycles. The maximum absolute atomic E-state index is 6.12. The van der Waals surface area contributed by atoms with E-state index in [2.05, 4.69) is 26.2 Å². The van der Waals surface area contributed by atoms with E-state index >= 15 is 0 Å². The number of piperazine rings is 1. The number of ether oxygens (including phenoxy) is 1. The summed E-state index contributed by atoms with van der Waals surface area (Å²) in [6, 6.07) is 11.1. The highest BCUT2D eigenvalue weighted by molar-refractivity contribution is 5.70. The number of anilines is 2. The van der Waals surface area contributed by atoms with Crippen LogP contribution >= 0.6 is 0 Å². The lowest BCUT2D eigenvalue weighted by Crippen LogP contribution is -2.52. The maximum atomic E-state index is 6.12. The largest absolute Gasteiger partial charge is 0.496 e. The molecule has 2 aromatic heterocycles. The number of benzene rings is 1. The Morgan fingerprint density at radius 2 is 1.85 bits per heavy atom. The van der Waals surface area contributed by atoms with Gasteiger partial charge in [0.2, 0.25) is 5.78 Å². The van der Waals surface area contributed by atoms with Crippen molar-refractivity contribution in [2.24, 2.45) is 0 Å². The van der Waals surface area contributed by atoms with Crippen LogP contribution in [0.1, 0.15) is 12.8 Å². The van der Waals surface area contributed by atoms with Crippen molar-refractivity contribution < 1.29 is 4.74 Å². The number of hydrogen-bond donors (Lipinski definition) is 1. The molecule has 7 nitrogen and oxygen atoms in total. The Morgan fingerprint density at radius 3 is 2.59 bits per heavy atom. The van der Waals surface area contributed by atoms with Crippen molar-refractivity contribution in [2.75, 3.05) is 37.9 Å². The van der Waals surface area contributed by atoms with Crippen LogP contribution in [0.2, 0.25) is 0 Å². The molecule has 3 aromatic rings. The molecule has 27 heavy (non-hydrogen) atoms. The number of hydrogen-bond acceptors (Lipinski definition) is 6. The van der Waals surface area contributed by atoms with Crippen molar-refractivity contribution in [3.63, 3.8) is 0 Å². The average Bonchev–Trinajstić information content (AvgIpc) is 3.16. The summed E-state index contributed by atoms with van der Waals surface area (Å²) in [5.74, 6) is 2.99. The monoisotopic (exact) mass is 364 g/mol. The van der Waals surface area contributed by atoms with Crippen LogP contribution in [0.4, 0.5) is 11.6 Å². The predicted octanol–water partition coefficient (Wildman–Crippen LogP) is 2.27. The van der Waals surface area contributed by atoms with Crippen molar-refractivity contribution in [3.8, 4) is 17.0 Å². The molecule has 140 valence electrons. The van der Waals surface area contributed by atoms with E-state index < -0.39 is 0 Å². The Balaban J connectivity index is 1.60. The molecule has 2 unspecified atom stereocenters. The highest BCUT2D eigenvalue weighted by Crippen LogP contribution is 2.34. The molecule has 0 amide bonds. The molecule has 2 N–H and O–H groups in total. The fourth-order valence-corrected chi connectivity index (χ4v) is 4.50. The molecule has 4 heterocycles. The molecule has 7 heteroatoms. The van der Waals surface area contributed by atoms with Gasteiger partial charge in [0.15, 0.2) is 0 Å². The van der Waals surface area contributed by atoms with Crippen molar-refractivity contribution >= 4 is 17.4 Å². The zero-order valence-corrected chi connectivity index (χ0v) is 15.7. The van der Waals surface area contributed by atoms with Gasteiger partial charge in [0, 0.05) is 43.0 Å². The Hall–Kier alpha value is -2.80. The number of rotatable bonds is 3. The zero-order valence-electron chi connectivity index (χ0n) is 15.7. The summed E-state index contributed by atoms with van der Waals surface area (Å²) in [7, 11) is 3.92. The summed E-state index contributed by atoms with van der Waals surface area (Å²) in [5.41, 5.74) is 7.91. The fourth-order valence-electron chi connectivity index (χ4n) is 4.50. The summed E-state index contributed by atoms with van der Waals surface area (Å²) < 4.78 is 7.56. The van der Waals surface area contributed by atoms with Gasteiger partial charge in [-0.05, 0) is 32.0 Å². The van der Waals surface area contributed by atoms with E-state index in [1.807, 2.05) is 36.5 Å². The molecule has 0 saturated carbocycles. The predicted molar refractivity (Wildman–Crippen MR) is 106 cm³/mol. The lowest BCUT2D eigenvalue weighted by molar-refractivity contribution is 0.211. The third kappa shape index (κ3) is 2.61. The second kappa shape index (κ2) is 6.13. The Bertz CT molecular complexity index is 985. The first-order chi connectivity index (χ1) is 13.1. The summed E-state index contributed by atoms with van der Waals surface area (Å²) in [6.07, 6.45) is 4.56. The van der Waals surface area contributed by atoms with E-state index in [1.165, 1.54) is 12.8 Å². The van der Waals surface area contributed by atoms with Gasteiger partial charge in [0.25, 0.3) is 0 Å². The number of likely N-dealkylation sites (N-methyl/N-ethyl adjacent to an activating group) is 1. The van der Waals surface area contributed by atoms with E-state index in [0.717, 1.165) is 35.9 Å². The minimum absolute atomic E-state index is 0.501. The van der Waals surface area contributed by atoms with Gasteiger partial charge in [-0.2, -0.15) is 4.98 Å². The van der Waals surface area contributed by atoms with Gasteiger partial charge in [-0.25, -0.2) is 4.98 Å². The SMILES string of the molecule is COc1ccccc1-c1cn2c(N3CC4CCC(C3)N4C)cc(N)nc2n1. The zero-order chi connectivity index (χ0) is 18.5. The molecular formula is C20H24N6O. The van der Waals surface area contributed by atoms with Gasteiger partial charge in [-0.3, -0.25) is 9.30 Å². The number of aromatic nitrogens is 3.